The number of rotatable bonds is 5. The second-order valence-electron chi connectivity index (χ2n) is 7.41. The monoisotopic (exact) mass is 309 g/mol. The van der Waals surface area contributed by atoms with Crippen molar-refractivity contribution in [2.45, 2.75) is 39.7 Å². The summed E-state index contributed by atoms with van der Waals surface area (Å²) in [6, 6.07) is 10.7. The molecule has 1 heterocycles. The lowest BCUT2D eigenvalue weighted by Gasteiger charge is -2.28. The van der Waals surface area contributed by atoms with E-state index in [1.807, 2.05) is 6.07 Å². The summed E-state index contributed by atoms with van der Waals surface area (Å²) in [6.07, 6.45) is 1.84. The molecule has 1 aromatic carbocycles. The van der Waals surface area contributed by atoms with Gasteiger partial charge in [0.1, 0.15) is 0 Å². The molecule has 3 nitrogen and oxygen atoms in total. The van der Waals surface area contributed by atoms with Crippen LogP contribution in [-0.4, -0.2) is 26.5 Å². The lowest BCUT2D eigenvalue weighted by atomic mass is 9.85. The van der Waals surface area contributed by atoms with Gasteiger partial charge in [0, 0.05) is 6.04 Å². The topological polar surface area (TPSA) is 46.2 Å². The number of benzene rings is 1. The molecule has 1 saturated heterocycles. The van der Waals surface area contributed by atoms with E-state index >= 15 is 0 Å². The summed E-state index contributed by atoms with van der Waals surface area (Å²) in [4.78, 5) is 0. The molecule has 1 aromatic rings. The molecule has 1 N–H and O–H groups in total. The maximum Gasteiger partial charge on any atom is 0.150 e. The Morgan fingerprint density at radius 2 is 1.90 bits per heavy atom. The highest BCUT2D eigenvalue weighted by atomic mass is 32.2. The van der Waals surface area contributed by atoms with E-state index in [0.717, 1.165) is 19.4 Å². The van der Waals surface area contributed by atoms with E-state index in [9.17, 15) is 8.42 Å². The van der Waals surface area contributed by atoms with Crippen LogP contribution in [0, 0.1) is 11.3 Å². The molecule has 0 bridgehead atoms. The molecule has 0 radical (unpaired) electrons. The lowest BCUT2D eigenvalue weighted by molar-refractivity contribution is 0.303. The lowest BCUT2D eigenvalue weighted by Crippen LogP contribution is -2.30. The van der Waals surface area contributed by atoms with Crippen molar-refractivity contribution in [1.29, 1.82) is 0 Å². The molecule has 4 heteroatoms. The predicted octanol–water partition coefficient (Wildman–Crippen LogP) is 3.19. The molecule has 0 unspecified atom stereocenters. The van der Waals surface area contributed by atoms with Crippen molar-refractivity contribution < 1.29 is 8.42 Å². The average Bonchev–Trinajstić information content (AvgIpc) is 2.74. The molecule has 2 rings (SSSR count). The van der Waals surface area contributed by atoms with E-state index in [1.165, 1.54) is 5.56 Å². The zero-order chi connectivity index (χ0) is 15.5. The third-order valence-corrected chi connectivity index (χ3v) is 5.84. The maximum absolute atomic E-state index is 11.6. The molecule has 0 amide bonds. The predicted molar refractivity (Wildman–Crippen MR) is 88.0 cm³/mol. The maximum atomic E-state index is 11.6. The van der Waals surface area contributed by atoms with Gasteiger partial charge in [-0.05, 0) is 36.3 Å². The molecule has 1 aliphatic heterocycles. The molecule has 118 valence electrons. The second-order valence-corrected chi connectivity index (χ2v) is 9.63. The van der Waals surface area contributed by atoms with Gasteiger partial charge in [-0.3, -0.25) is 0 Å². The van der Waals surface area contributed by atoms with Gasteiger partial charge >= 0.3 is 0 Å². The van der Waals surface area contributed by atoms with E-state index in [1.54, 1.807) is 0 Å². The first-order valence-electron chi connectivity index (χ1n) is 7.74. The summed E-state index contributed by atoms with van der Waals surface area (Å²) in [7, 11) is -2.78. The van der Waals surface area contributed by atoms with Gasteiger partial charge < -0.3 is 5.32 Å². The van der Waals surface area contributed by atoms with E-state index in [4.69, 9.17) is 0 Å². The van der Waals surface area contributed by atoms with Crippen molar-refractivity contribution in [3.05, 3.63) is 35.9 Å². The van der Waals surface area contributed by atoms with Crippen LogP contribution in [0.1, 0.15) is 45.2 Å². The van der Waals surface area contributed by atoms with Gasteiger partial charge in [-0.1, -0.05) is 51.1 Å². The van der Waals surface area contributed by atoms with Crippen LogP contribution in [0.3, 0.4) is 0 Å². The van der Waals surface area contributed by atoms with Crippen molar-refractivity contribution in [3.63, 3.8) is 0 Å². The minimum atomic E-state index is -2.78. The molecule has 1 aliphatic rings. The van der Waals surface area contributed by atoms with Gasteiger partial charge in [0.25, 0.3) is 0 Å². The zero-order valence-corrected chi connectivity index (χ0v) is 14.1. The van der Waals surface area contributed by atoms with Crippen LogP contribution >= 0.6 is 0 Å². The standard InChI is InChI=1S/C17H27NO2S/c1-17(2,3)11-16(15-7-5-4-6-8-15)18-12-14-9-10-21(19,20)13-14/h4-8,14,16,18H,9-13H2,1-3H3/t14-,16+/m1/s1. The SMILES string of the molecule is CC(C)(C)C[C@H](NC[C@H]1CCS(=O)(=O)C1)c1ccccc1. The summed E-state index contributed by atoms with van der Waals surface area (Å²) < 4.78 is 23.1. The van der Waals surface area contributed by atoms with Crippen molar-refractivity contribution in [2.24, 2.45) is 11.3 Å². The fourth-order valence-corrected chi connectivity index (χ4v) is 4.81. The van der Waals surface area contributed by atoms with E-state index < -0.39 is 9.84 Å². The molecule has 1 fully saturated rings. The van der Waals surface area contributed by atoms with Gasteiger partial charge in [0.05, 0.1) is 11.5 Å². The fraction of sp³-hybridized carbons (Fsp3) is 0.647. The normalized spacial score (nSPS) is 23.1. The highest BCUT2D eigenvalue weighted by molar-refractivity contribution is 7.91. The van der Waals surface area contributed by atoms with Crippen LogP contribution in [0.2, 0.25) is 0 Å². The molecular formula is C17H27NO2S. The summed E-state index contributed by atoms with van der Waals surface area (Å²) in [6.45, 7) is 7.51. The van der Waals surface area contributed by atoms with Crippen molar-refractivity contribution in [3.8, 4) is 0 Å². The Morgan fingerprint density at radius 1 is 1.24 bits per heavy atom. The van der Waals surface area contributed by atoms with Crippen LogP contribution < -0.4 is 5.32 Å². The minimum absolute atomic E-state index is 0.231. The number of nitrogens with one attached hydrogen (secondary N) is 1. The first-order chi connectivity index (χ1) is 9.75. The third kappa shape index (κ3) is 5.44. The van der Waals surface area contributed by atoms with Crippen LogP contribution in [0.4, 0.5) is 0 Å². The van der Waals surface area contributed by atoms with Gasteiger partial charge in [-0.15, -0.1) is 0 Å². The first kappa shape index (κ1) is 16.5. The van der Waals surface area contributed by atoms with E-state index in [0.29, 0.717) is 11.5 Å². The summed E-state index contributed by atoms with van der Waals surface area (Å²) >= 11 is 0. The number of hydrogen-bond acceptors (Lipinski definition) is 3. The quantitative estimate of drug-likeness (QED) is 0.908. The summed E-state index contributed by atoms with van der Waals surface area (Å²) in [5, 5.41) is 3.61. The molecular weight excluding hydrogens is 282 g/mol. The fourth-order valence-electron chi connectivity index (χ4n) is 2.95. The Bertz CT molecular complexity index is 546. The summed E-state index contributed by atoms with van der Waals surface area (Å²) in [5.74, 6) is 0.965. The highest BCUT2D eigenvalue weighted by Crippen LogP contribution is 2.30. The number of hydrogen-bond donors (Lipinski definition) is 1. The van der Waals surface area contributed by atoms with Gasteiger partial charge in [0.15, 0.2) is 9.84 Å². The Balaban J connectivity index is 2.00. The third-order valence-electron chi connectivity index (χ3n) is 4.00. The largest absolute Gasteiger partial charge is 0.310 e. The van der Waals surface area contributed by atoms with Crippen molar-refractivity contribution >= 4 is 9.84 Å². The average molecular weight is 309 g/mol. The van der Waals surface area contributed by atoms with Crippen molar-refractivity contribution in [1.82, 2.24) is 5.32 Å². The van der Waals surface area contributed by atoms with Crippen LogP contribution in [0.5, 0.6) is 0 Å². The number of sulfone groups is 1. The van der Waals surface area contributed by atoms with Crippen molar-refractivity contribution in [2.75, 3.05) is 18.1 Å². The molecule has 0 aliphatic carbocycles. The Labute approximate surface area is 129 Å². The zero-order valence-electron chi connectivity index (χ0n) is 13.3. The Morgan fingerprint density at radius 3 is 2.43 bits per heavy atom. The highest BCUT2D eigenvalue weighted by Gasteiger charge is 2.29. The Kier molecular flexibility index (Phi) is 5.10. The van der Waals surface area contributed by atoms with Crippen LogP contribution in [0.15, 0.2) is 30.3 Å². The van der Waals surface area contributed by atoms with Crippen LogP contribution in [-0.2, 0) is 9.84 Å². The molecule has 21 heavy (non-hydrogen) atoms. The molecule has 0 aromatic heterocycles. The van der Waals surface area contributed by atoms with E-state index in [2.05, 4.69) is 50.4 Å². The second kappa shape index (κ2) is 6.49. The van der Waals surface area contributed by atoms with Gasteiger partial charge in [-0.2, -0.15) is 0 Å². The van der Waals surface area contributed by atoms with Gasteiger partial charge in [-0.25, -0.2) is 8.42 Å². The smallest absolute Gasteiger partial charge is 0.150 e. The van der Waals surface area contributed by atoms with Gasteiger partial charge in [0.2, 0.25) is 0 Å². The van der Waals surface area contributed by atoms with E-state index in [-0.39, 0.29) is 17.4 Å². The minimum Gasteiger partial charge on any atom is -0.310 e. The molecule has 0 saturated carbocycles. The molecule has 0 spiro atoms. The molecule has 2 atom stereocenters. The summed E-state index contributed by atoms with van der Waals surface area (Å²) in [5.41, 5.74) is 1.52. The Hall–Kier alpha value is -0.870. The first-order valence-corrected chi connectivity index (χ1v) is 9.56. The van der Waals surface area contributed by atoms with Crippen LogP contribution in [0.25, 0.3) is 0 Å².